The van der Waals surface area contributed by atoms with Gasteiger partial charge in [-0.2, -0.15) is 0 Å². The van der Waals surface area contributed by atoms with Crippen molar-refractivity contribution >= 4 is 0 Å². The number of aliphatic hydroxyl groups excluding tert-OH is 1. The van der Waals surface area contributed by atoms with Gasteiger partial charge in [0.1, 0.15) is 0 Å². The van der Waals surface area contributed by atoms with Crippen molar-refractivity contribution in [2.24, 2.45) is 0 Å². The van der Waals surface area contributed by atoms with Crippen molar-refractivity contribution in [2.75, 3.05) is 13.7 Å². The zero-order valence-corrected chi connectivity index (χ0v) is 8.46. The number of likely N-dealkylation sites (N-methyl/N-ethyl adjacent to an activating group) is 1. The van der Waals surface area contributed by atoms with Crippen molar-refractivity contribution in [3.63, 3.8) is 0 Å². The number of rotatable bonds is 6. The van der Waals surface area contributed by atoms with Gasteiger partial charge in [-0.25, -0.2) is 0 Å². The average Bonchev–Trinajstić information content (AvgIpc) is 2.14. The average molecular weight is 181 g/mol. The second-order valence-electron chi connectivity index (χ2n) is 2.92. The number of hydrogen-bond donors (Lipinski definition) is 2. The molecule has 2 nitrogen and oxygen atoms in total. The normalized spacial score (nSPS) is 14.1. The Hall–Kier alpha value is -0.860. The largest absolute Gasteiger partial charge is 0.395 e. The molecule has 0 aliphatic carbocycles. The van der Waals surface area contributed by atoms with Crippen LogP contribution in [0.5, 0.6) is 0 Å². The molecule has 2 heteroatoms. The Labute approximate surface area is 80.7 Å². The highest BCUT2D eigenvalue weighted by Gasteiger charge is 2.03. The zero-order chi connectivity index (χ0) is 10.1. The molecule has 2 N–H and O–H groups in total. The lowest BCUT2D eigenvalue weighted by atomic mass is 10.1. The van der Waals surface area contributed by atoms with Crippen LogP contribution >= 0.6 is 0 Å². The van der Waals surface area contributed by atoms with Gasteiger partial charge in [0.2, 0.25) is 0 Å². The minimum absolute atomic E-state index is 0.114. The van der Waals surface area contributed by atoms with Crippen LogP contribution in [0.4, 0.5) is 0 Å². The molecule has 0 spiro atoms. The van der Waals surface area contributed by atoms with E-state index in [4.69, 9.17) is 5.11 Å². The van der Waals surface area contributed by atoms with Crippen LogP contribution in [0.3, 0.4) is 0 Å². The fourth-order valence-electron chi connectivity index (χ4n) is 0.945. The Bertz CT molecular complexity index is 190. The molecule has 0 amide bonds. The zero-order valence-electron chi connectivity index (χ0n) is 8.46. The lowest BCUT2D eigenvalue weighted by Gasteiger charge is -2.12. The minimum Gasteiger partial charge on any atom is -0.395 e. The molecule has 0 aromatic carbocycles. The summed E-state index contributed by atoms with van der Waals surface area (Å²) in [6, 6.07) is 0.114. The summed E-state index contributed by atoms with van der Waals surface area (Å²) in [5.74, 6) is 0. The highest BCUT2D eigenvalue weighted by Crippen LogP contribution is 2.04. The number of nitrogens with one attached hydrogen (secondary N) is 1. The van der Waals surface area contributed by atoms with E-state index in [-0.39, 0.29) is 12.6 Å². The summed E-state index contributed by atoms with van der Waals surface area (Å²) in [4.78, 5) is 0. The minimum atomic E-state index is 0.114. The van der Waals surface area contributed by atoms with Gasteiger partial charge in [-0.3, -0.25) is 0 Å². The predicted molar refractivity (Wildman–Crippen MR) is 57.6 cm³/mol. The van der Waals surface area contributed by atoms with E-state index in [9.17, 15) is 0 Å². The molecule has 0 aromatic rings. The standard InChI is InChI=1S/C11H19NO/c1-4-5-6-7-10(2)8-11(9-13)12-3/h4-7,11-13H,2,8-9H2,1,3H3/b5-4-,7-6-/t11-/m0/s1. The van der Waals surface area contributed by atoms with E-state index in [1.807, 2.05) is 38.3 Å². The monoisotopic (exact) mass is 181 g/mol. The molecule has 0 saturated carbocycles. The highest BCUT2D eigenvalue weighted by atomic mass is 16.3. The van der Waals surface area contributed by atoms with E-state index in [0.717, 1.165) is 12.0 Å². The molecule has 0 aliphatic heterocycles. The Morgan fingerprint density at radius 2 is 2.23 bits per heavy atom. The molecule has 0 bridgehead atoms. The van der Waals surface area contributed by atoms with Crippen molar-refractivity contribution in [1.82, 2.24) is 5.32 Å². The van der Waals surface area contributed by atoms with Crippen LogP contribution in [0.15, 0.2) is 36.5 Å². The van der Waals surface area contributed by atoms with Crippen LogP contribution in [-0.4, -0.2) is 24.8 Å². The van der Waals surface area contributed by atoms with Crippen LogP contribution in [0, 0.1) is 0 Å². The Morgan fingerprint density at radius 1 is 1.54 bits per heavy atom. The van der Waals surface area contributed by atoms with Crippen LogP contribution in [0.1, 0.15) is 13.3 Å². The molecule has 0 aromatic heterocycles. The first-order chi connectivity index (χ1) is 6.24. The van der Waals surface area contributed by atoms with Crippen molar-refractivity contribution in [1.29, 1.82) is 0 Å². The lowest BCUT2D eigenvalue weighted by molar-refractivity contribution is 0.248. The molecular weight excluding hydrogens is 162 g/mol. The van der Waals surface area contributed by atoms with Gasteiger partial charge in [0, 0.05) is 6.04 Å². The Balaban J connectivity index is 3.85. The van der Waals surface area contributed by atoms with E-state index >= 15 is 0 Å². The summed E-state index contributed by atoms with van der Waals surface area (Å²) >= 11 is 0. The number of allylic oxidation sites excluding steroid dienone is 4. The van der Waals surface area contributed by atoms with Gasteiger partial charge in [-0.1, -0.05) is 36.5 Å². The fourth-order valence-corrected chi connectivity index (χ4v) is 0.945. The maximum atomic E-state index is 8.90. The van der Waals surface area contributed by atoms with Crippen molar-refractivity contribution in [3.8, 4) is 0 Å². The summed E-state index contributed by atoms with van der Waals surface area (Å²) in [5.41, 5.74) is 1.02. The maximum Gasteiger partial charge on any atom is 0.0587 e. The lowest BCUT2D eigenvalue weighted by Crippen LogP contribution is -2.28. The van der Waals surface area contributed by atoms with Gasteiger partial charge in [-0.05, 0) is 20.4 Å². The van der Waals surface area contributed by atoms with Crippen LogP contribution in [0.2, 0.25) is 0 Å². The summed E-state index contributed by atoms with van der Waals surface area (Å²) < 4.78 is 0. The summed E-state index contributed by atoms with van der Waals surface area (Å²) in [6.45, 7) is 6.01. The van der Waals surface area contributed by atoms with Gasteiger partial charge in [0.25, 0.3) is 0 Å². The second-order valence-corrected chi connectivity index (χ2v) is 2.92. The second kappa shape index (κ2) is 7.77. The predicted octanol–water partition coefficient (Wildman–Crippen LogP) is 1.65. The van der Waals surface area contributed by atoms with E-state index in [0.29, 0.717) is 0 Å². The smallest absolute Gasteiger partial charge is 0.0587 e. The van der Waals surface area contributed by atoms with Crippen LogP contribution < -0.4 is 5.32 Å². The molecule has 0 aliphatic rings. The van der Waals surface area contributed by atoms with Crippen molar-refractivity contribution in [2.45, 2.75) is 19.4 Å². The molecular formula is C11H19NO. The van der Waals surface area contributed by atoms with Gasteiger partial charge in [-0.15, -0.1) is 0 Å². The van der Waals surface area contributed by atoms with Crippen LogP contribution in [0.25, 0.3) is 0 Å². The third kappa shape index (κ3) is 6.31. The molecule has 1 atom stereocenters. The first kappa shape index (κ1) is 12.1. The van der Waals surface area contributed by atoms with Gasteiger partial charge in [0.15, 0.2) is 0 Å². The SMILES string of the molecule is C=C(/C=C\C=C/C)C[C@@H](CO)NC. The van der Waals surface area contributed by atoms with Crippen molar-refractivity contribution < 1.29 is 5.11 Å². The van der Waals surface area contributed by atoms with E-state index in [1.54, 1.807) is 0 Å². The van der Waals surface area contributed by atoms with Crippen molar-refractivity contribution in [3.05, 3.63) is 36.5 Å². The topological polar surface area (TPSA) is 32.3 Å². The molecule has 0 heterocycles. The van der Waals surface area contributed by atoms with E-state index in [2.05, 4.69) is 11.9 Å². The molecule has 0 radical (unpaired) electrons. The first-order valence-electron chi connectivity index (χ1n) is 4.49. The molecule has 0 saturated heterocycles. The van der Waals surface area contributed by atoms with Gasteiger partial charge < -0.3 is 10.4 Å². The highest BCUT2D eigenvalue weighted by molar-refractivity contribution is 5.19. The van der Waals surface area contributed by atoms with Crippen LogP contribution in [-0.2, 0) is 0 Å². The first-order valence-corrected chi connectivity index (χ1v) is 4.49. The number of aliphatic hydroxyl groups is 1. The number of hydrogen-bond acceptors (Lipinski definition) is 2. The van der Waals surface area contributed by atoms with Gasteiger partial charge in [0.05, 0.1) is 6.61 Å². The molecule has 0 fully saturated rings. The van der Waals surface area contributed by atoms with E-state index < -0.39 is 0 Å². The molecule has 13 heavy (non-hydrogen) atoms. The quantitative estimate of drug-likeness (QED) is 0.611. The van der Waals surface area contributed by atoms with E-state index in [1.165, 1.54) is 0 Å². The Morgan fingerprint density at radius 3 is 2.69 bits per heavy atom. The Kier molecular flexibility index (Phi) is 7.26. The fraction of sp³-hybridized carbons (Fsp3) is 0.455. The summed E-state index contributed by atoms with van der Waals surface area (Å²) in [5, 5.41) is 11.9. The summed E-state index contributed by atoms with van der Waals surface area (Å²) in [7, 11) is 1.84. The van der Waals surface area contributed by atoms with Gasteiger partial charge >= 0.3 is 0 Å². The molecule has 0 unspecified atom stereocenters. The summed E-state index contributed by atoms with van der Waals surface area (Å²) in [6.07, 6.45) is 8.61. The third-order valence-electron chi connectivity index (χ3n) is 1.77. The molecule has 74 valence electrons. The third-order valence-corrected chi connectivity index (χ3v) is 1.77. The maximum absolute atomic E-state index is 8.90. The molecule has 0 rings (SSSR count).